The lowest BCUT2D eigenvalue weighted by Crippen LogP contribution is -2.30. The third kappa shape index (κ3) is 3.26. The Morgan fingerprint density at radius 2 is 1.64 bits per heavy atom. The molecule has 2 rings (SSSR count). The maximum absolute atomic E-state index is 12.4. The van der Waals surface area contributed by atoms with Crippen LogP contribution in [0, 0.1) is 11.8 Å². The van der Waals surface area contributed by atoms with Crippen LogP contribution in [-0.4, -0.2) is 25.2 Å². The molecule has 2 aliphatic carbocycles. The smallest absolute Gasteiger partial charge is 0.313 e. The number of carbonyl (C=O) groups is 2. The number of hydrogen-bond donors (Lipinski definition) is 0. The number of allylic oxidation sites excluding steroid dienone is 3. The maximum Gasteiger partial charge on any atom is 0.313 e. The largest absolute Gasteiger partial charge is 0.466 e. The second kappa shape index (κ2) is 7.12. The summed E-state index contributed by atoms with van der Waals surface area (Å²) >= 11 is 0. The number of rotatable bonds is 4. The van der Waals surface area contributed by atoms with Crippen LogP contribution in [-0.2, 0) is 19.1 Å². The van der Waals surface area contributed by atoms with E-state index in [0.717, 1.165) is 24.8 Å². The van der Waals surface area contributed by atoms with Crippen molar-refractivity contribution < 1.29 is 19.1 Å². The van der Waals surface area contributed by atoms with Crippen molar-refractivity contribution >= 4 is 11.9 Å². The second-order valence-electron chi connectivity index (χ2n) is 6.16. The first-order valence-electron chi connectivity index (χ1n) is 8.18. The highest BCUT2D eigenvalue weighted by Crippen LogP contribution is 2.45. The molecule has 0 fully saturated rings. The first-order chi connectivity index (χ1) is 10.5. The lowest BCUT2D eigenvalue weighted by Gasteiger charge is -2.20. The van der Waals surface area contributed by atoms with E-state index in [9.17, 15) is 9.59 Å². The van der Waals surface area contributed by atoms with E-state index in [4.69, 9.17) is 9.47 Å². The molecule has 2 aliphatic rings. The summed E-state index contributed by atoms with van der Waals surface area (Å²) in [7, 11) is 0. The Kier molecular flexibility index (Phi) is 5.43. The molecule has 0 aromatic carbocycles. The molecular formula is C18H26O4. The van der Waals surface area contributed by atoms with Gasteiger partial charge >= 0.3 is 11.9 Å². The molecule has 0 N–H and O–H groups in total. The van der Waals surface area contributed by atoms with E-state index < -0.39 is 11.8 Å². The first-order valence-corrected chi connectivity index (χ1v) is 8.18. The quantitative estimate of drug-likeness (QED) is 0.588. The van der Waals surface area contributed by atoms with Gasteiger partial charge in [0.1, 0.15) is 0 Å². The highest BCUT2D eigenvalue weighted by Gasteiger charge is 2.45. The summed E-state index contributed by atoms with van der Waals surface area (Å²) in [5.41, 5.74) is 5.11. The van der Waals surface area contributed by atoms with E-state index in [1.807, 2.05) is 0 Å². The van der Waals surface area contributed by atoms with Crippen LogP contribution in [0.1, 0.15) is 53.4 Å². The minimum Gasteiger partial charge on any atom is -0.466 e. The number of hydrogen-bond acceptors (Lipinski definition) is 4. The zero-order chi connectivity index (χ0) is 16.3. The van der Waals surface area contributed by atoms with E-state index in [1.165, 1.54) is 16.7 Å². The highest BCUT2D eigenvalue weighted by atomic mass is 16.5. The van der Waals surface area contributed by atoms with Crippen LogP contribution in [0.5, 0.6) is 0 Å². The van der Waals surface area contributed by atoms with Crippen LogP contribution in [0.3, 0.4) is 0 Å². The van der Waals surface area contributed by atoms with Crippen molar-refractivity contribution in [1.82, 2.24) is 0 Å². The summed E-state index contributed by atoms with van der Waals surface area (Å²) in [6.07, 6.45) is 3.29. The number of esters is 2. The molecule has 0 bridgehead atoms. The molecule has 0 unspecified atom stereocenters. The SMILES string of the molecule is CCOC(=O)[C@@H]1C2=C(CC(C)=C(C)CC2)C[C@@H]1C(=O)OCC. The fourth-order valence-electron chi connectivity index (χ4n) is 3.51. The first kappa shape index (κ1) is 16.8. The summed E-state index contributed by atoms with van der Waals surface area (Å²) in [6, 6.07) is 0. The van der Waals surface area contributed by atoms with Crippen molar-refractivity contribution in [3.63, 3.8) is 0 Å². The van der Waals surface area contributed by atoms with E-state index in [0.29, 0.717) is 19.6 Å². The van der Waals surface area contributed by atoms with Gasteiger partial charge in [-0.3, -0.25) is 9.59 Å². The van der Waals surface area contributed by atoms with Gasteiger partial charge in [0.25, 0.3) is 0 Å². The fraction of sp³-hybridized carbons (Fsp3) is 0.667. The molecule has 0 aromatic rings. The third-order valence-electron chi connectivity index (χ3n) is 4.80. The van der Waals surface area contributed by atoms with Gasteiger partial charge in [-0.15, -0.1) is 0 Å². The van der Waals surface area contributed by atoms with Crippen molar-refractivity contribution in [1.29, 1.82) is 0 Å². The minimum atomic E-state index is -0.451. The predicted molar refractivity (Wildman–Crippen MR) is 84.1 cm³/mol. The van der Waals surface area contributed by atoms with Gasteiger partial charge in [-0.2, -0.15) is 0 Å². The van der Waals surface area contributed by atoms with Crippen molar-refractivity contribution in [3.8, 4) is 0 Å². The van der Waals surface area contributed by atoms with Gasteiger partial charge < -0.3 is 9.47 Å². The van der Waals surface area contributed by atoms with Gasteiger partial charge in [0, 0.05) is 0 Å². The summed E-state index contributed by atoms with van der Waals surface area (Å²) in [4.78, 5) is 24.7. The fourth-order valence-corrected chi connectivity index (χ4v) is 3.51. The Balaban J connectivity index is 2.30. The van der Waals surface area contributed by atoms with Crippen molar-refractivity contribution in [2.45, 2.75) is 53.4 Å². The number of ether oxygens (including phenoxy) is 2. The average molecular weight is 306 g/mol. The van der Waals surface area contributed by atoms with Crippen molar-refractivity contribution in [3.05, 3.63) is 22.3 Å². The molecule has 0 amide bonds. The Labute approximate surface area is 132 Å². The molecule has 2 atom stereocenters. The predicted octanol–water partition coefficient (Wildman–Crippen LogP) is 3.57. The molecule has 0 saturated carbocycles. The molecular weight excluding hydrogens is 280 g/mol. The molecule has 22 heavy (non-hydrogen) atoms. The van der Waals surface area contributed by atoms with Crippen LogP contribution in [0.25, 0.3) is 0 Å². The average Bonchev–Trinajstić information content (AvgIpc) is 2.77. The lowest BCUT2D eigenvalue weighted by molar-refractivity contribution is -0.158. The molecule has 0 aromatic heterocycles. The molecule has 0 radical (unpaired) electrons. The van der Waals surface area contributed by atoms with Crippen molar-refractivity contribution in [2.75, 3.05) is 13.2 Å². The minimum absolute atomic E-state index is 0.271. The summed E-state index contributed by atoms with van der Waals surface area (Å²) in [5, 5.41) is 0. The van der Waals surface area contributed by atoms with Gasteiger partial charge in [-0.1, -0.05) is 22.3 Å². The van der Waals surface area contributed by atoms with Crippen LogP contribution >= 0.6 is 0 Å². The zero-order valence-electron chi connectivity index (χ0n) is 14.0. The normalized spacial score (nSPS) is 24.9. The summed E-state index contributed by atoms with van der Waals surface area (Å²) in [5.74, 6) is -1.40. The van der Waals surface area contributed by atoms with Gasteiger partial charge in [0.15, 0.2) is 0 Å². The number of carbonyl (C=O) groups excluding carboxylic acids is 2. The molecule has 122 valence electrons. The molecule has 0 saturated heterocycles. The second-order valence-corrected chi connectivity index (χ2v) is 6.16. The molecule has 0 spiro atoms. The Morgan fingerprint density at radius 3 is 2.27 bits per heavy atom. The van der Waals surface area contributed by atoms with Crippen LogP contribution in [0.4, 0.5) is 0 Å². The zero-order valence-corrected chi connectivity index (χ0v) is 14.0. The Bertz CT molecular complexity index is 527. The third-order valence-corrected chi connectivity index (χ3v) is 4.80. The maximum atomic E-state index is 12.4. The Morgan fingerprint density at radius 1 is 1.00 bits per heavy atom. The Hall–Kier alpha value is -1.58. The monoisotopic (exact) mass is 306 g/mol. The van der Waals surface area contributed by atoms with Gasteiger partial charge in [-0.25, -0.2) is 0 Å². The van der Waals surface area contributed by atoms with E-state index in [1.54, 1.807) is 13.8 Å². The van der Waals surface area contributed by atoms with Gasteiger partial charge in [-0.05, 0) is 53.4 Å². The van der Waals surface area contributed by atoms with E-state index in [2.05, 4.69) is 13.8 Å². The molecule has 4 nitrogen and oxygen atoms in total. The van der Waals surface area contributed by atoms with E-state index in [-0.39, 0.29) is 11.9 Å². The topological polar surface area (TPSA) is 52.6 Å². The van der Waals surface area contributed by atoms with Crippen LogP contribution in [0.2, 0.25) is 0 Å². The molecule has 0 aliphatic heterocycles. The van der Waals surface area contributed by atoms with Crippen LogP contribution in [0.15, 0.2) is 22.3 Å². The summed E-state index contributed by atoms with van der Waals surface area (Å²) < 4.78 is 10.4. The summed E-state index contributed by atoms with van der Waals surface area (Å²) in [6.45, 7) is 8.56. The molecule has 0 heterocycles. The van der Waals surface area contributed by atoms with Crippen molar-refractivity contribution in [2.24, 2.45) is 11.8 Å². The molecule has 4 heteroatoms. The standard InChI is InChI=1S/C18H26O4/c1-5-21-17(19)15-10-13-9-12(4)11(3)7-8-14(13)16(15)18(20)22-6-2/h15-16H,5-10H2,1-4H3/t15-,16+/m0/s1. The van der Waals surface area contributed by atoms with Gasteiger partial charge in [0.05, 0.1) is 25.0 Å². The highest BCUT2D eigenvalue weighted by molar-refractivity contribution is 5.86. The van der Waals surface area contributed by atoms with Crippen LogP contribution < -0.4 is 0 Å². The van der Waals surface area contributed by atoms with Gasteiger partial charge in [0.2, 0.25) is 0 Å². The van der Waals surface area contributed by atoms with E-state index >= 15 is 0 Å². The lowest BCUT2D eigenvalue weighted by atomic mass is 9.88.